The van der Waals surface area contributed by atoms with E-state index < -0.39 is 4.92 Å². The minimum Gasteiger partial charge on any atom is -0.364 e. The Morgan fingerprint density at radius 3 is 2.57 bits per heavy atom. The molecule has 2 N–H and O–H groups in total. The number of para-hydroxylation sites is 1. The van der Waals surface area contributed by atoms with E-state index in [1.165, 1.54) is 6.33 Å². The van der Waals surface area contributed by atoms with Crippen molar-refractivity contribution in [3.63, 3.8) is 0 Å². The minimum absolute atomic E-state index is 0.139. The maximum Gasteiger partial charge on any atom is 0.353 e. The van der Waals surface area contributed by atoms with Crippen molar-refractivity contribution in [2.75, 3.05) is 17.2 Å². The van der Waals surface area contributed by atoms with Gasteiger partial charge in [0.15, 0.2) is 0 Å². The summed E-state index contributed by atoms with van der Waals surface area (Å²) in [5, 5.41) is 17.5. The molecule has 2 rings (SSSR count). The van der Waals surface area contributed by atoms with Gasteiger partial charge in [0.1, 0.15) is 6.33 Å². The number of hydrogen-bond acceptors (Lipinski definition) is 6. The van der Waals surface area contributed by atoms with Crippen LogP contribution in [0.1, 0.15) is 25.8 Å². The van der Waals surface area contributed by atoms with Gasteiger partial charge in [-0.15, -0.1) is 0 Å². The molecule has 0 unspecified atom stereocenters. The Morgan fingerprint density at radius 2 is 1.91 bits per heavy atom. The van der Waals surface area contributed by atoms with E-state index in [4.69, 9.17) is 0 Å². The molecule has 23 heavy (non-hydrogen) atoms. The fourth-order valence-electron chi connectivity index (χ4n) is 2.09. The van der Waals surface area contributed by atoms with E-state index in [1.807, 2.05) is 31.2 Å². The number of nitro groups is 1. The lowest BCUT2D eigenvalue weighted by Crippen LogP contribution is -2.10. The molecule has 0 aliphatic rings. The first-order valence-corrected chi connectivity index (χ1v) is 7.55. The fourth-order valence-corrected chi connectivity index (χ4v) is 2.09. The van der Waals surface area contributed by atoms with Gasteiger partial charge in [-0.2, -0.15) is 0 Å². The Kier molecular flexibility index (Phi) is 5.46. The van der Waals surface area contributed by atoms with Crippen LogP contribution in [0, 0.1) is 23.0 Å². The van der Waals surface area contributed by atoms with Crippen molar-refractivity contribution in [1.29, 1.82) is 0 Å². The van der Waals surface area contributed by atoms with Gasteiger partial charge in [-0.1, -0.05) is 32.0 Å². The number of anilines is 3. The largest absolute Gasteiger partial charge is 0.364 e. The number of nitrogens with zero attached hydrogens (tertiary/aromatic N) is 3. The topological polar surface area (TPSA) is 93.0 Å². The van der Waals surface area contributed by atoms with E-state index in [0.717, 1.165) is 17.7 Å². The Hall–Kier alpha value is -2.70. The molecule has 2 aromatic rings. The molecule has 0 saturated heterocycles. The molecule has 0 atom stereocenters. The maximum atomic E-state index is 11.5. The quantitative estimate of drug-likeness (QED) is 0.594. The molecule has 0 spiro atoms. The lowest BCUT2D eigenvalue weighted by Gasteiger charge is -2.12. The van der Waals surface area contributed by atoms with E-state index in [-0.39, 0.29) is 17.3 Å². The van der Waals surface area contributed by atoms with Crippen LogP contribution in [0.2, 0.25) is 0 Å². The summed E-state index contributed by atoms with van der Waals surface area (Å²) in [6.07, 6.45) is 2.23. The predicted molar refractivity (Wildman–Crippen MR) is 91.1 cm³/mol. The summed E-state index contributed by atoms with van der Waals surface area (Å²) in [6.45, 7) is 6.75. The third-order valence-corrected chi connectivity index (χ3v) is 3.42. The molecule has 7 heteroatoms. The summed E-state index contributed by atoms with van der Waals surface area (Å²) >= 11 is 0. The Morgan fingerprint density at radius 1 is 1.22 bits per heavy atom. The van der Waals surface area contributed by atoms with Gasteiger partial charge in [0.25, 0.3) is 0 Å². The zero-order chi connectivity index (χ0) is 16.8. The molecule has 1 aromatic heterocycles. The molecular formula is C16H21N5O2. The van der Waals surface area contributed by atoms with Gasteiger partial charge in [0, 0.05) is 12.2 Å². The highest BCUT2D eigenvalue weighted by Crippen LogP contribution is 2.31. The van der Waals surface area contributed by atoms with Crippen LogP contribution in [-0.4, -0.2) is 21.4 Å². The van der Waals surface area contributed by atoms with Gasteiger partial charge in [-0.25, -0.2) is 9.97 Å². The standard InChI is InChI=1S/C16H21N5O2/c1-11(2)8-9-17-15-14(21(22)23)16(19-10-18-15)20-13-7-5-4-6-12(13)3/h4-7,10-11H,8-9H2,1-3H3,(H2,17,18,19,20). The highest BCUT2D eigenvalue weighted by molar-refractivity contribution is 5.74. The summed E-state index contributed by atoms with van der Waals surface area (Å²) in [4.78, 5) is 19.1. The normalized spacial score (nSPS) is 10.6. The summed E-state index contributed by atoms with van der Waals surface area (Å²) < 4.78 is 0. The first kappa shape index (κ1) is 16.7. The minimum atomic E-state index is -0.460. The van der Waals surface area contributed by atoms with Crippen LogP contribution in [0.15, 0.2) is 30.6 Å². The third kappa shape index (κ3) is 4.38. The van der Waals surface area contributed by atoms with Crippen molar-refractivity contribution in [3.8, 4) is 0 Å². The summed E-state index contributed by atoms with van der Waals surface area (Å²) in [5.41, 5.74) is 1.62. The average Bonchev–Trinajstić information content (AvgIpc) is 2.49. The van der Waals surface area contributed by atoms with Crippen molar-refractivity contribution in [3.05, 3.63) is 46.3 Å². The number of aryl methyl sites for hydroxylation is 1. The molecule has 1 aromatic carbocycles. The van der Waals surface area contributed by atoms with Gasteiger partial charge < -0.3 is 10.6 Å². The molecular weight excluding hydrogens is 294 g/mol. The van der Waals surface area contributed by atoms with Crippen LogP contribution in [0.25, 0.3) is 0 Å². The smallest absolute Gasteiger partial charge is 0.353 e. The second-order valence-corrected chi connectivity index (χ2v) is 5.73. The number of aromatic nitrogens is 2. The summed E-state index contributed by atoms with van der Waals surface area (Å²) in [6, 6.07) is 7.56. The molecule has 0 aliphatic heterocycles. The summed E-state index contributed by atoms with van der Waals surface area (Å²) in [7, 11) is 0. The van der Waals surface area contributed by atoms with Crippen LogP contribution in [0.3, 0.4) is 0 Å². The van der Waals surface area contributed by atoms with Crippen LogP contribution >= 0.6 is 0 Å². The van der Waals surface area contributed by atoms with Crippen LogP contribution in [-0.2, 0) is 0 Å². The van der Waals surface area contributed by atoms with E-state index in [0.29, 0.717) is 12.5 Å². The molecule has 0 radical (unpaired) electrons. The van der Waals surface area contributed by atoms with Crippen molar-refractivity contribution < 1.29 is 4.92 Å². The number of hydrogen-bond donors (Lipinski definition) is 2. The van der Waals surface area contributed by atoms with E-state index in [1.54, 1.807) is 0 Å². The monoisotopic (exact) mass is 315 g/mol. The number of nitrogens with one attached hydrogen (secondary N) is 2. The molecule has 0 saturated carbocycles. The van der Waals surface area contributed by atoms with Gasteiger partial charge in [0.05, 0.1) is 4.92 Å². The lowest BCUT2D eigenvalue weighted by molar-refractivity contribution is -0.383. The first-order chi connectivity index (χ1) is 11.0. The van der Waals surface area contributed by atoms with Crippen LogP contribution < -0.4 is 10.6 Å². The van der Waals surface area contributed by atoms with E-state index >= 15 is 0 Å². The first-order valence-electron chi connectivity index (χ1n) is 7.55. The molecule has 0 bridgehead atoms. The van der Waals surface area contributed by atoms with Crippen molar-refractivity contribution >= 4 is 23.0 Å². The van der Waals surface area contributed by atoms with Crippen molar-refractivity contribution in [2.24, 2.45) is 5.92 Å². The molecule has 0 aliphatic carbocycles. The molecule has 1 heterocycles. The van der Waals surface area contributed by atoms with Gasteiger partial charge in [-0.3, -0.25) is 10.1 Å². The molecule has 7 nitrogen and oxygen atoms in total. The second kappa shape index (κ2) is 7.53. The SMILES string of the molecule is Cc1ccccc1Nc1ncnc(NCCC(C)C)c1[N+](=O)[O-]. The van der Waals surface area contributed by atoms with E-state index in [2.05, 4.69) is 34.4 Å². The Bertz CT molecular complexity index is 688. The molecule has 0 amide bonds. The van der Waals surface area contributed by atoms with Gasteiger partial charge >= 0.3 is 5.69 Å². The van der Waals surface area contributed by atoms with Crippen molar-refractivity contribution in [2.45, 2.75) is 27.2 Å². The molecule has 122 valence electrons. The highest BCUT2D eigenvalue weighted by Gasteiger charge is 2.23. The number of benzene rings is 1. The average molecular weight is 315 g/mol. The second-order valence-electron chi connectivity index (χ2n) is 5.73. The number of rotatable bonds is 7. The van der Waals surface area contributed by atoms with Crippen LogP contribution in [0.5, 0.6) is 0 Å². The van der Waals surface area contributed by atoms with Crippen LogP contribution in [0.4, 0.5) is 23.0 Å². The van der Waals surface area contributed by atoms with E-state index in [9.17, 15) is 10.1 Å². The fraction of sp³-hybridized carbons (Fsp3) is 0.375. The third-order valence-electron chi connectivity index (χ3n) is 3.42. The zero-order valence-corrected chi connectivity index (χ0v) is 13.5. The predicted octanol–water partition coefficient (Wildman–Crippen LogP) is 3.89. The zero-order valence-electron chi connectivity index (χ0n) is 13.5. The summed E-state index contributed by atoms with van der Waals surface area (Å²) in [5.74, 6) is 0.932. The lowest BCUT2D eigenvalue weighted by atomic mass is 10.1. The van der Waals surface area contributed by atoms with Gasteiger partial charge in [0.2, 0.25) is 11.6 Å². The van der Waals surface area contributed by atoms with Gasteiger partial charge in [-0.05, 0) is 30.9 Å². The molecule has 0 fully saturated rings. The van der Waals surface area contributed by atoms with Crippen molar-refractivity contribution in [1.82, 2.24) is 9.97 Å². The maximum absolute atomic E-state index is 11.5. The highest BCUT2D eigenvalue weighted by atomic mass is 16.6. The Balaban J connectivity index is 2.29. The Labute approximate surface area is 135 Å².